The van der Waals surface area contributed by atoms with Crippen LogP contribution in [0.5, 0.6) is 0 Å². The van der Waals surface area contributed by atoms with Crippen LogP contribution in [0.25, 0.3) is 0 Å². The van der Waals surface area contributed by atoms with Crippen LogP contribution in [0.3, 0.4) is 0 Å². The highest BCUT2D eigenvalue weighted by Crippen LogP contribution is 2.06. The Balaban J connectivity index is 2.65. The van der Waals surface area contributed by atoms with Crippen molar-refractivity contribution in [2.24, 2.45) is 0 Å². The zero-order valence-corrected chi connectivity index (χ0v) is 9.59. The van der Waals surface area contributed by atoms with E-state index in [0.717, 1.165) is 12.4 Å². The largest absolute Gasteiger partial charge is 0.395 e. The first kappa shape index (κ1) is 12.1. The summed E-state index contributed by atoms with van der Waals surface area (Å²) < 4.78 is 1.81. The lowest BCUT2D eigenvalue weighted by Crippen LogP contribution is -2.28. The van der Waals surface area contributed by atoms with Gasteiger partial charge in [0, 0.05) is 6.54 Å². The van der Waals surface area contributed by atoms with E-state index in [1.807, 2.05) is 13.8 Å². The van der Waals surface area contributed by atoms with Crippen LogP contribution in [0.1, 0.15) is 32.6 Å². The standard InChI is InChI=1S/C9H19N5O/c1-4-13(5-6-15)7-9-10-11-12-14(9)8(2)3/h8,15H,4-7H2,1-3H3. The van der Waals surface area contributed by atoms with Gasteiger partial charge in [0.2, 0.25) is 0 Å². The zero-order valence-electron chi connectivity index (χ0n) is 9.59. The summed E-state index contributed by atoms with van der Waals surface area (Å²) in [5.74, 6) is 0.848. The van der Waals surface area contributed by atoms with Crippen LogP contribution in [0.2, 0.25) is 0 Å². The molecule has 1 rings (SSSR count). The van der Waals surface area contributed by atoms with Crippen LogP contribution in [0, 0.1) is 0 Å². The summed E-state index contributed by atoms with van der Waals surface area (Å²) in [6.45, 7) is 8.52. The van der Waals surface area contributed by atoms with Crippen molar-refractivity contribution >= 4 is 0 Å². The number of aliphatic hydroxyl groups excluding tert-OH is 1. The van der Waals surface area contributed by atoms with E-state index < -0.39 is 0 Å². The van der Waals surface area contributed by atoms with Gasteiger partial charge in [0.15, 0.2) is 5.82 Å². The molecule has 0 saturated heterocycles. The Bertz CT molecular complexity index is 286. The summed E-state index contributed by atoms with van der Waals surface area (Å²) >= 11 is 0. The topological polar surface area (TPSA) is 67.1 Å². The minimum Gasteiger partial charge on any atom is -0.395 e. The molecule has 0 spiro atoms. The first-order chi connectivity index (χ1) is 7.19. The summed E-state index contributed by atoms with van der Waals surface area (Å²) in [5.41, 5.74) is 0. The number of tetrazole rings is 1. The second kappa shape index (κ2) is 5.77. The van der Waals surface area contributed by atoms with Crippen molar-refractivity contribution in [3.63, 3.8) is 0 Å². The average Bonchev–Trinajstić information content (AvgIpc) is 2.65. The first-order valence-corrected chi connectivity index (χ1v) is 5.29. The second-order valence-corrected chi connectivity index (χ2v) is 3.73. The SMILES string of the molecule is CCN(CCO)Cc1nnnn1C(C)C. The van der Waals surface area contributed by atoms with Crippen LogP contribution in [0.15, 0.2) is 0 Å². The van der Waals surface area contributed by atoms with Gasteiger partial charge >= 0.3 is 0 Å². The van der Waals surface area contributed by atoms with Gasteiger partial charge in [-0.3, -0.25) is 4.90 Å². The number of nitrogens with zero attached hydrogens (tertiary/aromatic N) is 5. The van der Waals surface area contributed by atoms with Gasteiger partial charge in [0.1, 0.15) is 0 Å². The van der Waals surface area contributed by atoms with Crippen LogP contribution < -0.4 is 0 Å². The maximum atomic E-state index is 8.87. The van der Waals surface area contributed by atoms with Crippen molar-refractivity contribution in [3.8, 4) is 0 Å². The molecule has 1 N–H and O–H groups in total. The van der Waals surface area contributed by atoms with Gasteiger partial charge in [-0.25, -0.2) is 4.68 Å². The molecule has 0 bridgehead atoms. The lowest BCUT2D eigenvalue weighted by atomic mass is 10.4. The molecule has 1 aromatic rings. The van der Waals surface area contributed by atoms with Gasteiger partial charge < -0.3 is 5.11 Å². The lowest BCUT2D eigenvalue weighted by molar-refractivity contribution is 0.191. The Morgan fingerprint density at radius 2 is 2.20 bits per heavy atom. The predicted octanol–water partition coefficient (Wildman–Crippen LogP) is 0.0682. The maximum Gasteiger partial charge on any atom is 0.165 e. The lowest BCUT2D eigenvalue weighted by Gasteiger charge is -2.18. The fourth-order valence-corrected chi connectivity index (χ4v) is 1.41. The highest BCUT2D eigenvalue weighted by Gasteiger charge is 2.12. The summed E-state index contributed by atoms with van der Waals surface area (Å²) in [7, 11) is 0. The Hall–Kier alpha value is -1.01. The molecule has 1 heterocycles. The first-order valence-electron chi connectivity index (χ1n) is 5.29. The molecule has 0 aliphatic rings. The van der Waals surface area contributed by atoms with Crippen LogP contribution in [0.4, 0.5) is 0 Å². The number of rotatable bonds is 6. The summed E-state index contributed by atoms with van der Waals surface area (Å²) in [6.07, 6.45) is 0. The smallest absolute Gasteiger partial charge is 0.165 e. The third-order valence-electron chi connectivity index (χ3n) is 2.28. The summed E-state index contributed by atoms with van der Waals surface area (Å²) in [6, 6.07) is 0.267. The fourth-order valence-electron chi connectivity index (χ4n) is 1.41. The normalized spacial score (nSPS) is 11.6. The number of aromatic nitrogens is 4. The van der Waals surface area contributed by atoms with E-state index in [1.54, 1.807) is 4.68 Å². The Labute approximate surface area is 89.9 Å². The molecule has 1 aromatic heterocycles. The van der Waals surface area contributed by atoms with Crippen LogP contribution in [-0.4, -0.2) is 49.9 Å². The molecular weight excluding hydrogens is 194 g/mol. The molecule has 0 radical (unpaired) electrons. The van der Waals surface area contributed by atoms with E-state index in [1.165, 1.54) is 0 Å². The highest BCUT2D eigenvalue weighted by molar-refractivity contribution is 4.82. The van der Waals surface area contributed by atoms with E-state index >= 15 is 0 Å². The van der Waals surface area contributed by atoms with Crippen LogP contribution in [-0.2, 0) is 6.54 Å². The van der Waals surface area contributed by atoms with Crippen molar-refractivity contribution in [2.45, 2.75) is 33.4 Å². The maximum absolute atomic E-state index is 8.87. The monoisotopic (exact) mass is 213 g/mol. The van der Waals surface area contributed by atoms with E-state index in [4.69, 9.17) is 5.11 Å². The molecule has 0 amide bonds. The third kappa shape index (κ3) is 3.24. The molecule has 15 heavy (non-hydrogen) atoms. The van der Waals surface area contributed by atoms with Crippen molar-refractivity contribution in [1.82, 2.24) is 25.1 Å². The van der Waals surface area contributed by atoms with Crippen molar-refractivity contribution in [2.75, 3.05) is 19.7 Å². The number of hydrogen-bond donors (Lipinski definition) is 1. The summed E-state index contributed by atoms with van der Waals surface area (Å²) in [4.78, 5) is 2.10. The average molecular weight is 213 g/mol. The minimum absolute atomic E-state index is 0.164. The van der Waals surface area contributed by atoms with Gasteiger partial charge in [-0.15, -0.1) is 5.10 Å². The molecular formula is C9H19N5O. The molecule has 0 aliphatic carbocycles. The van der Waals surface area contributed by atoms with Crippen molar-refractivity contribution in [3.05, 3.63) is 5.82 Å². The Kier molecular flexibility index (Phi) is 4.64. The van der Waals surface area contributed by atoms with E-state index in [9.17, 15) is 0 Å². The number of likely N-dealkylation sites (N-methyl/N-ethyl adjacent to an activating group) is 1. The molecule has 0 atom stereocenters. The molecule has 0 saturated carbocycles. The van der Waals surface area contributed by atoms with E-state index in [2.05, 4.69) is 27.3 Å². The van der Waals surface area contributed by atoms with Crippen LogP contribution >= 0.6 is 0 Å². The fraction of sp³-hybridized carbons (Fsp3) is 0.889. The predicted molar refractivity (Wildman–Crippen MR) is 56.2 cm³/mol. The summed E-state index contributed by atoms with van der Waals surface area (Å²) in [5, 5.41) is 20.5. The quantitative estimate of drug-likeness (QED) is 0.724. The number of aliphatic hydroxyl groups is 1. The van der Waals surface area contributed by atoms with Gasteiger partial charge in [-0.2, -0.15) is 0 Å². The molecule has 0 fully saturated rings. The third-order valence-corrected chi connectivity index (χ3v) is 2.28. The van der Waals surface area contributed by atoms with Crippen molar-refractivity contribution in [1.29, 1.82) is 0 Å². The van der Waals surface area contributed by atoms with Gasteiger partial charge in [0.25, 0.3) is 0 Å². The van der Waals surface area contributed by atoms with E-state index in [-0.39, 0.29) is 12.6 Å². The van der Waals surface area contributed by atoms with E-state index in [0.29, 0.717) is 13.1 Å². The minimum atomic E-state index is 0.164. The molecule has 0 aliphatic heterocycles. The van der Waals surface area contributed by atoms with Crippen molar-refractivity contribution < 1.29 is 5.11 Å². The van der Waals surface area contributed by atoms with Gasteiger partial charge in [-0.05, 0) is 30.8 Å². The molecule has 86 valence electrons. The molecule has 0 unspecified atom stereocenters. The van der Waals surface area contributed by atoms with Gasteiger partial charge in [0.05, 0.1) is 19.2 Å². The Morgan fingerprint density at radius 1 is 1.47 bits per heavy atom. The van der Waals surface area contributed by atoms with Gasteiger partial charge in [-0.1, -0.05) is 6.92 Å². The second-order valence-electron chi connectivity index (χ2n) is 3.73. The highest BCUT2D eigenvalue weighted by atomic mass is 16.3. The molecule has 0 aromatic carbocycles. The number of hydrogen-bond acceptors (Lipinski definition) is 5. The Morgan fingerprint density at radius 3 is 2.73 bits per heavy atom. The zero-order chi connectivity index (χ0) is 11.3. The molecule has 6 heteroatoms. The molecule has 6 nitrogen and oxygen atoms in total.